The minimum atomic E-state index is 0.359. The van der Waals surface area contributed by atoms with Crippen molar-refractivity contribution in [2.24, 2.45) is 11.3 Å². The Kier molecular flexibility index (Phi) is 3.24. The molecular formula is C9H18. The van der Waals surface area contributed by atoms with Crippen molar-refractivity contribution in [3.8, 4) is 0 Å². The van der Waals surface area contributed by atoms with E-state index in [1.165, 1.54) is 0 Å². The highest BCUT2D eigenvalue weighted by molar-refractivity contribution is 4.75. The second-order valence-electron chi connectivity index (χ2n) is 3.71. The van der Waals surface area contributed by atoms with Crippen molar-refractivity contribution >= 4 is 0 Å². The molecule has 0 heteroatoms. The average molecular weight is 126 g/mol. The van der Waals surface area contributed by atoms with E-state index in [-0.39, 0.29) is 0 Å². The predicted octanol–water partition coefficient (Wildman–Crippen LogP) is 3.10. The topological polar surface area (TPSA) is 0 Å². The van der Waals surface area contributed by atoms with Crippen molar-refractivity contribution in [2.45, 2.75) is 33.6 Å². The van der Waals surface area contributed by atoms with E-state index in [4.69, 9.17) is 0 Å². The summed E-state index contributed by atoms with van der Waals surface area (Å²) in [5.74, 6) is 0.551. The molecule has 0 rings (SSSR count). The minimum Gasteiger partial charge on any atom is -0.0599 e. The Labute approximate surface area is 59.7 Å². The van der Waals surface area contributed by atoms with Crippen LogP contribution in [-0.4, -0.2) is 0 Å². The van der Waals surface area contributed by atoms with Gasteiger partial charge in [-0.3, -0.25) is 0 Å². The van der Waals surface area contributed by atoms with Crippen molar-refractivity contribution in [1.29, 1.82) is 0 Å². The molecule has 0 amide bonds. The molecule has 0 fully saturated rings. The van der Waals surface area contributed by atoms with E-state index < -0.39 is 0 Å². The molecule has 0 aliphatic carbocycles. The zero-order valence-corrected chi connectivity index (χ0v) is 6.91. The van der Waals surface area contributed by atoms with Crippen LogP contribution >= 0.6 is 0 Å². The molecule has 0 N–H and O–H groups in total. The Bertz CT molecular complexity index is 66.6. The smallest absolute Gasteiger partial charge is 0.0354 e. The van der Waals surface area contributed by atoms with Crippen LogP contribution < -0.4 is 0 Å². The monoisotopic (exact) mass is 126 g/mol. The lowest BCUT2D eigenvalue weighted by Crippen LogP contribution is -2.16. The zero-order valence-electron chi connectivity index (χ0n) is 6.91. The van der Waals surface area contributed by atoms with Crippen LogP contribution in [0.3, 0.4) is 0 Å². The van der Waals surface area contributed by atoms with Crippen molar-refractivity contribution in [3.05, 3.63) is 13.8 Å². The lowest BCUT2D eigenvalue weighted by Gasteiger charge is -2.26. The largest absolute Gasteiger partial charge is 0.0599 e. The summed E-state index contributed by atoms with van der Waals surface area (Å²) in [6.07, 6.45) is 2.15. The first-order valence-corrected chi connectivity index (χ1v) is 3.61. The summed E-state index contributed by atoms with van der Waals surface area (Å²) >= 11 is 0. The maximum absolute atomic E-state index is 4.06. The molecule has 0 saturated carbocycles. The maximum atomic E-state index is 4.06. The summed E-state index contributed by atoms with van der Waals surface area (Å²) in [5, 5.41) is 0. The molecule has 0 aromatic carbocycles. The van der Waals surface area contributed by atoms with Gasteiger partial charge in [0.1, 0.15) is 0 Å². The van der Waals surface area contributed by atoms with Crippen molar-refractivity contribution in [1.82, 2.24) is 0 Å². The Morgan fingerprint density at radius 3 is 1.89 bits per heavy atom. The fourth-order valence-corrected chi connectivity index (χ4v) is 0.679. The molecule has 54 valence electrons. The first-order valence-electron chi connectivity index (χ1n) is 3.61. The van der Waals surface area contributed by atoms with Crippen molar-refractivity contribution in [2.75, 3.05) is 0 Å². The van der Waals surface area contributed by atoms with Gasteiger partial charge in [0.15, 0.2) is 0 Å². The molecule has 0 aromatic heterocycles. The summed E-state index contributed by atoms with van der Waals surface area (Å²) in [4.78, 5) is 0. The van der Waals surface area contributed by atoms with Gasteiger partial charge in [-0.25, -0.2) is 0 Å². The summed E-state index contributed by atoms with van der Waals surface area (Å²) in [6, 6.07) is 0. The SMILES string of the molecule is [CH2]CCC([CH2])C(C)(C)C. The van der Waals surface area contributed by atoms with Gasteiger partial charge in [0.05, 0.1) is 0 Å². The van der Waals surface area contributed by atoms with Crippen LogP contribution in [0, 0.1) is 25.2 Å². The highest BCUT2D eigenvalue weighted by Gasteiger charge is 2.18. The van der Waals surface area contributed by atoms with Crippen LogP contribution in [0.25, 0.3) is 0 Å². The second kappa shape index (κ2) is 3.24. The predicted molar refractivity (Wildman–Crippen MR) is 42.9 cm³/mol. The standard InChI is InChI=1S/C9H18/c1-6-7-8(2)9(3,4)5/h8H,1-2,6-7H2,3-5H3. The third kappa shape index (κ3) is 3.56. The van der Waals surface area contributed by atoms with Crippen LogP contribution in [0.4, 0.5) is 0 Å². The molecule has 0 bridgehead atoms. The van der Waals surface area contributed by atoms with Crippen LogP contribution in [0.15, 0.2) is 0 Å². The van der Waals surface area contributed by atoms with Crippen molar-refractivity contribution < 1.29 is 0 Å². The molecule has 9 heavy (non-hydrogen) atoms. The Hall–Kier alpha value is 0. The Balaban J connectivity index is 3.59. The third-order valence-corrected chi connectivity index (χ3v) is 1.78. The van der Waals surface area contributed by atoms with Crippen LogP contribution in [0.1, 0.15) is 33.6 Å². The zero-order chi connectivity index (χ0) is 7.49. The van der Waals surface area contributed by atoms with E-state index in [0.29, 0.717) is 11.3 Å². The normalized spacial score (nSPS) is 15.7. The molecule has 1 unspecified atom stereocenters. The van der Waals surface area contributed by atoms with Gasteiger partial charge >= 0.3 is 0 Å². The van der Waals surface area contributed by atoms with Gasteiger partial charge in [0.2, 0.25) is 0 Å². The lowest BCUT2D eigenvalue weighted by atomic mass is 9.80. The Morgan fingerprint density at radius 1 is 1.33 bits per heavy atom. The summed E-state index contributed by atoms with van der Waals surface area (Å²) in [5.41, 5.74) is 0.359. The summed E-state index contributed by atoms with van der Waals surface area (Å²) < 4.78 is 0. The van der Waals surface area contributed by atoms with Gasteiger partial charge in [-0.1, -0.05) is 34.1 Å². The number of hydrogen-bond acceptors (Lipinski definition) is 0. The van der Waals surface area contributed by atoms with Crippen molar-refractivity contribution in [3.63, 3.8) is 0 Å². The molecule has 0 spiro atoms. The van der Waals surface area contributed by atoms with E-state index in [2.05, 4.69) is 34.6 Å². The molecule has 0 saturated heterocycles. The lowest BCUT2D eigenvalue weighted by molar-refractivity contribution is 0.276. The third-order valence-electron chi connectivity index (χ3n) is 1.78. The van der Waals surface area contributed by atoms with E-state index in [1.807, 2.05) is 0 Å². The van der Waals surface area contributed by atoms with Gasteiger partial charge in [0, 0.05) is 0 Å². The van der Waals surface area contributed by atoms with Gasteiger partial charge in [-0.15, -0.1) is 0 Å². The van der Waals surface area contributed by atoms with Gasteiger partial charge in [-0.2, -0.15) is 0 Å². The molecule has 0 aromatic rings. The second-order valence-corrected chi connectivity index (χ2v) is 3.71. The van der Waals surface area contributed by atoms with E-state index in [9.17, 15) is 0 Å². The molecule has 0 aliphatic heterocycles. The fraction of sp³-hybridized carbons (Fsp3) is 0.778. The number of rotatable bonds is 2. The van der Waals surface area contributed by atoms with Gasteiger partial charge in [0.25, 0.3) is 0 Å². The van der Waals surface area contributed by atoms with Crippen LogP contribution in [0.2, 0.25) is 0 Å². The number of hydrogen-bond donors (Lipinski definition) is 0. The molecule has 1 atom stereocenters. The highest BCUT2D eigenvalue weighted by Crippen LogP contribution is 2.28. The minimum absolute atomic E-state index is 0.359. The first kappa shape index (κ1) is 9.00. The van der Waals surface area contributed by atoms with Crippen LogP contribution in [0.5, 0.6) is 0 Å². The maximum Gasteiger partial charge on any atom is -0.0354 e. The van der Waals surface area contributed by atoms with Gasteiger partial charge in [-0.05, 0) is 24.7 Å². The molecule has 0 heterocycles. The van der Waals surface area contributed by atoms with Crippen LogP contribution in [-0.2, 0) is 0 Å². The van der Waals surface area contributed by atoms with Gasteiger partial charge < -0.3 is 0 Å². The first-order chi connectivity index (χ1) is 3.98. The van der Waals surface area contributed by atoms with E-state index in [1.54, 1.807) is 0 Å². The molecule has 2 radical (unpaired) electrons. The summed E-state index contributed by atoms with van der Waals surface area (Å²) in [7, 11) is 0. The van der Waals surface area contributed by atoms with E-state index >= 15 is 0 Å². The average Bonchev–Trinajstić information content (AvgIpc) is 1.64. The van der Waals surface area contributed by atoms with E-state index in [0.717, 1.165) is 12.8 Å². The summed E-state index contributed by atoms with van der Waals surface area (Å²) in [6.45, 7) is 14.5. The fourth-order valence-electron chi connectivity index (χ4n) is 0.679. The Morgan fingerprint density at radius 2 is 1.78 bits per heavy atom. The quantitative estimate of drug-likeness (QED) is 0.533. The molecule has 0 nitrogen and oxygen atoms in total. The molecule has 0 aliphatic rings. The highest BCUT2D eigenvalue weighted by atomic mass is 14.2. The molecular weight excluding hydrogens is 108 g/mol.